The first kappa shape index (κ1) is 18.0. The van der Waals surface area contributed by atoms with E-state index in [0.29, 0.717) is 6.04 Å². The fourth-order valence-corrected chi connectivity index (χ4v) is 3.86. The Balaban J connectivity index is 1.21. The van der Waals surface area contributed by atoms with Crippen LogP contribution < -0.4 is 15.1 Å². The van der Waals surface area contributed by atoms with Crippen LogP contribution >= 0.6 is 0 Å². The van der Waals surface area contributed by atoms with Crippen molar-refractivity contribution in [1.82, 2.24) is 29.8 Å². The highest BCUT2D eigenvalue weighted by Crippen LogP contribution is 2.21. The largest absolute Gasteiger partial charge is 0.378 e. The van der Waals surface area contributed by atoms with Crippen LogP contribution in [0.1, 0.15) is 18.7 Å². The molecular formula is C19H25N9O. The molecule has 0 amide bonds. The van der Waals surface area contributed by atoms with Gasteiger partial charge in [0.05, 0.1) is 13.2 Å². The molecule has 0 bridgehead atoms. The monoisotopic (exact) mass is 395 g/mol. The molecule has 1 N–H and O–H groups in total. The first-order chi connectivity index (χ1) is 14.3. The van der Waals surface area contributed by atoms with E-state index in [0.717, 1.165) is 81.3 Å². The molecule has 29 heavy (non-hydrogen) atoms. The minimum absolute atomic E-state index is 0.388. The van der Waals surface area contributed by atoms with Crippen LogP contribution in [0.4, 0.5) is 17.6 Å². The lowest BCUT2D eigenvalue weighted by molar-refractivity contribution is 0.122. The van der Waals surface area contributed by atoms with Crippen molar-refractivity contribution in [2.24, 2.45) is 0 Å². The maximum Gasteiger partial charge on any atom is 0.227 e. The molecule has 10 heteroatoms. The quantitative estimate of drug-likeness (QED) is 0.697. The lowest BCUT2D eigenvalue weighted by atomic mass is 10.1. The fourth-order valence-electron chi connectivity index (χ4n) is 3.86. The van der Waals surface area contributed by atoms with E-state index in [1.54, 1.807) is 4.52 Å². The number of rotatable bonds is 4. The van der Waals surface area contributed by atoms with Crippen LogP contribution in [0.25, 0.3) is 5.65 Å². The zero-order chi connectivity index (χ0) is 19.6. The molecule has 2 aliphatic heterocycles. The van der Waals surface area contributed by atoms with Gasteiger partial charge in [-0.05, 0) is 38.0 Å². The number of fused-ring (bicyclic) bond motifs is 1. The summed E-state index contributed by atoms with van der Waals surface area (Å²) in [6.45, 7) is 6.94. The Labute approximate surface area is 168 Å². The Kier molecular flexibility index (Phi) is 4.84. The smallest absolute Gasteiger partial charge is 0.227 e. The summed E-state index contributed by atoms with van der Waals surface area (Å²) in [5, 5.41) is 16.5. The second-order valence-electron chi connectivity index (χ2n) is 7.46. The van der Waals surface area contributed by atoms with Crippen LogP contribution in [0.3, 0.4) is 0 Å². The van der Waals surface area contributed by atoms with E-state index in [-0.39, 0.29) is 0 Å². The van der Waals surface area contributed by atoms with Crippen molar-refractivity contribution < 1.29 is 4.74 Å². The van der Waals surface area contributed by atoms with Crippen molar-refractivity contribution in [3.8, 4) is 0 Å². The van der Waals surface area contributed by atoms with Crippen LogP contribution in [0.15, 0.2) is 24.4 Å². The van der Waals surface area contributed by atoms with E-state index < -0.39 is 0 Å². The van der Waals surface area contributed by atoms with E-state index in [2.05, 4.69) is 30.3 Å². The predicted octanol–water partition coefficient (Wildman–Crippen LogP) is 1.14. The highest BCUT2D eigenvalue weighted by molar-refractivity contribution is 5.47. The Morgan fingerprint density at radius 1 is 1.00 bits per heavy atom. The molecule has 5 heterocycles. The maximum atomic E-state index is 5.41. The van der Waals surface area contributed by atoms with Crippen LogP contribution in [0, 0.1) is 6.92 Å². The van der Waals surface area contributed by atoms with E-state index in [9.17, 15) is 0 Å². The minimum Gasteiger partial charge on any atom is -0.378 e. The summed E-state index contributed by atoms with van der Waals surface area (Å²) < 4.78 is 7.21. The SMILES string of the molecule is Cc1nnc2ccc(N3CCC(Nc4ccnc(N5CCOCC5)n4)CC3)nn12. The highest BCUT2D eigenvalue weighted by Gasteiger charge is 2.22. The standard InChI is InChI=1S/C19H25N9O/c1-14-23-24-17-2-3-18(25-28(14)17)26-8-5-15(6-9-26)21-16-4-7-20-19(22-16)27-10-12-29-13-11-27/h2-4,7,15H,5-6,8-13H2,1H3,(H,20,21,22). The van der Waals surface area contributed by atoms with E-state index in [1.165, 1.54) is 0 Å². The highest BCUT2D eigenvalue weighted by atomic mass is 16.5. The van der Waals surface area contributed by atoms with Gasteiger partial charge in [-0.2, -0.15) is 9.50 Å². The number of nitrogens with one attached hydrogen (secondary N) is 1. The normalized spacial score (nSPS) is 18.4. The van der Waals surface area contributed by atoms with E-state index in [1.807, 2.05) is 31.3 Å². The van der Waals surface area contributed by atoms with Gasteiger partial charge >= 0.3 is 0 Å². The number of hydrogen-bond donors (Lipinski definition) is 1. The fraction of sp³-hybridized carbons (Fsp3) is 0.526. The van der Waals surface area contributed by atoms with Gasteiger partial charge in [0.2, 0.25) is 5.95 Å². The zero-order valence-corrected chi connectivity index (χ0v) is 16.5. The van der Waals surface area contributed by atoms with Gasteiger partial charge in [-0.15, -0.1) is 15.3 Å². The summed E-state index contributed by atoms with van der Waals surface area (Å²) in [4.78, 5) is 13.6. The molecule has 152 valence electrons. The predicted molar refractivity (Wildman–Crippen MR) is 109 cm³/mol. The van der Waals surface area contributed by atoms with Crippen molar-refractivity contribution >= 4 is 23.2 Å². The van der Waals surface area contributed by atoms with Crippen molar-refractivity contribution in [3.63, 3.8) is 0 Å². The van der Waals surface area contributed by atoms with Gasteiger partial charge in [-0.25, -0.2) is 4.98 Å². The second-order valence-corrected chi connectivity index (χ2v) is 7.46. The van der Waals surface area contributed by atoms with Gasteiger partial charge < -0.3 is 19.9 Å². The van der Waals surface area contributed by atoms with Crippen molar-refractivity contribution in [3.05, 3.63) is 30.2 Å². The topological polar surface area (TPSA) is 96.6 Å². The van der Waals surface area contributed by atoms with Crippen LogP contribution in [0.2, 0.25) is 0 Å². The molecule has 2 fully saturated rings. The average Bonchev–Trinajstić information content (AvgIpc) is 3.15. The summed E-state index contributed by atoms with van der Waals surface area (Å²) in [7, 11) is 0. The Morgan fingerprint density at radius 3 is 2.66 bits per heavy atom. The number of anilines is 3. The van der Waals surface area contributed by atoms with Gasteiger partial charge in [-0.1, -0.05) is 0 Å². The number of ether oxygens (including phenoxy) is 1. The number of nitrogens with zero attached hydrogens (tertiary/aromatic N) is 8. The molecule has 2 saturated heterocycles. The van der Waals surface area contributed by atoms with Crippen molar-refractivity contribution in [1.29, 1.82) is 0 Å². The lowest BCUT2D eigenvalue weighted by Crippen LogP contribution is -2.40. The van der Waals surface area contributed by atoms with Gasteiger partial charge in [-0.3, -0.25) is 0 Å². The number of aromatic nitrogens is 6. The van der Waals surface area contributed by atoms with Gasteiger partial charge in [0.25, 0.3) is 0 Å². The third-order valence-corrected chi connectivity index (χ3v) is 5.51. The third-order valence-electron chi connectivity index (χ3n) is 5.51. The molecule has 3 aromatic rings. The van der Waals surface area contributed by atoms with Gasteiger partial charge in [0.1, 0.15) is 11.6 Å². The second kappa shape index (κ2) is 7.78. The van der Waals surface area contributed by atoms with Crippen LogP contribution in [-0.2, 0) is 4.74 Å². The molecule has 0 saturated carbocycles. The third kappa shape index (κ3) is 3.80. The number of piperidine rings is 1. The molecule has 0 spiro atoms. The Hall–Kier alpha value is -3.01. The van der Waals surface area contributed by atoms with E-state index in [4.69, 9.17) is 14.8 Å². The summed E-state index contributed by atoms with van der Waals surface area (Å²) in [5.41, 5.74) is 0.780. The molecule has 10 nitrogen and oxygen atoms in total. The van der Waals surface area contributed by atoms with E-state index >= 15 is 0 Å². The number of morpholine rings is 1. The molecule has 0 radical (unpaired) electrons. The molecule has 2 aliphatic rings. The van der Waals surface area contributed by atoms with Gasteiger partial charge in [0, 0.05) is 38.4 Å². The molecule has 5 rings (SSSR count). The van der Waals surface area contributed by atoms with Crippen LogP contribution in [-0.4, -0.2) is 75.2 Å². The molecular weight excluding hydrogens is 370 g/mol. The Bertz CT molecular complexity index is 977. The molecule has 3 aromatic heterocycles. The molecule has 0 aromatic carbocycles. The van der Waals surface area contributed by atoms with Crippen molar-refractivity contribution in [2.45, 2.75) is 25.8 Å². The molecule has 0 atom stereocenters. The number of aryl methyl sites for hydroxylation is 1. The summed E-state index contributed by atoms with van der Waals surface area (Å²) >= 11 is 0. The summed E-state index contributed by atoms with van der Waals surface area (Å²) in [5.74, 6) is 3.44. The average molecular weight is 395 g/mol. The van der Waals surface area contributed by atoms with Crippen LogP contribution in [0.5, 0.6) is 0 Å². The molecule has 0 aliphatic carbocycles. The lowest BCUT2D eigenvalue weighted by Gasteiger charge is -2.33. The van der Waals surface area contributed by atoms with Gasteiger partial charge in [0.15, 0.2) is 11.5 Å². The summed E-state index contributed by atoms with van der Waals surface area (Å²) in [6.07, 6.45) is 3.88. The summed E-state index contributed by atoms with van der Waals surface area (Å²) in [6, 6.07) is 6.33. The zero-order valence-electron chi connectivity index (χ0n) is 16.5. The molecule has 0 unspecified atom stereocenters. The van der Waals surface area contributed by atoms with Crippen molar-refractivity contribution in [2.75, 3.05) is 54.5 Å². The number of hydrogen-bond acceptors (Lipinski definition) is 9. The first-order valence-electron chi connectivity index (χ1n) is 10.1. The first-order valence-corrected chi connectivity index (χ1v) is 10.1. The Morgan fingerprint density at radius 2 is 1.83 bits per heavy atom. The minimum atomic E-state index is 0.388. The maximum absolute atomic E-state index is 5.41.